The van der Waals surface area contributed by atoms with Gasteiger partial charge in [0.15, 0.2) is 11.7 Å². The van der Waals surface area contributed by atoms with Gasteiger partial charge >= 0.3 is 0 Å². The maximum absolute atomic E-state index is 8.73. The van der Waals surface area contributed by atoms with E-state index in [0.717, 1.165) is 34.7 Å². The van der Waals surface area contributed by atoms with E-state index in [1.807, 2.05) is 30.7 Å². The lowest BCUT2D eigenvalue weighted by atomic mass is 10.2. The standard InChI is InChI=1S/C13H16BrN5O/c1-3-11-16-12(4-2)19(17-11)8-5-6-9(10(14)7-8)13(15)18-20/h5-7,20H,3-4H2,1-2H3,(H2,15,18). The van der Waals surface area contributed by atoms with Gasteiger partial charge in [0.05, 0.1) is 5.69 Å². The molecular weight excluding hydrogens is 322 g/mol. The summed E-state index contributed by atoms with van der Waals surface area (Å²) >= 11 is 3.42. The second-order valence-electron chi connectivity index (χ2n) is 4.21. The van der Waals surface area contributed by atoms with Gasteiger partial charge in [-0.3, -0.25) is 0 Å². The molecule has 106 valence electrons. The van der Waals surface area contributed by atoms with Crippen LogP contribution in [-0.4, -0.2) is 25.8 Å². The van der Waals surface area contributed by atoms with Crippen LogP contribution in [0.25, 0.3) is 5.69 Å². The quantitative estimate of drug-likeness (QED) is 0.387. The number of halogens is 1. The molecule has 0 aliphatic carbocycles. The second kappa shape index (κ2) is 6.04. The van der Waals surface area contributed by atoms with Gasteiger partial charge in [-0.25, -0.2) is 9.67 Å². The van der Waals surface area contributed by atoms with Gasteiger partial charge in [0, 0.05) is 22.9 Å². The predicted molar refractivity (Wildman–Crippen MR) is 80.3 cm³/mol. The summed E-state index contributed by atoms with van der Waals surface area (Å²) in [6.45, 7) is 4.07. The molecule has 2 rings (SSSR count). The van der Waals surface area contributed by atoms with E-state index >= 15 is 0 Å². The molecule has 0 saturated heterocycles. The zero-order valence-electron chi connectivity index (χ0n) is 11.3. The van der Waals surface area contributed by atoms with Gasteiger partial charge in [-0.15, -0.1) is 0 Å². The second-order valence-corrected chi connectivity index (χ2v) is 5.07. The summed E-state index contributed by atoms with van der Waals surface area (Å²) < 4.78 is 2.56. The number of nitrogens with two attached hydrogens (primary N) is 1. The molecule has 0 saturated carbocycles. The number of aromatic nitrogens is 3. The fraction of sp³-hybridized carbons (Fsp3) is 0.308. The normalized spacial score (nSPS) is 11.8. The fourth-order valence-corrected chi connectivity index (χ4v) is 2.44. The first kappa shape index (κ1) is 14.5. The average Bonchev–Trinajstić information content (AvgIpc) is 2.89. The highest BCUT2D eigenvalue weighted by atomic mass is 79.9. The van der Waals surface area contributed by atoms with Crippen molar-refractivity contribution in [1.29, 1.82) is 0 Å². The minimum Gasteiger partial charge on any atom is -0.409 e. The molecule has 7 heteroatoms. The first-order chi connectivity index (χ1) is 9.60. The highest BCUT2D eigenvalue weighted by molar-refractivity contribution is 9.10. The molecule has 1 aromatic carbocycles. The van der Waals surface area contributed by atoms with Gasteiger partial charge in [-0.2, -0.15) is 5.10 Å². The SMILES string of the molecule is CCc1nc(CC)n(-c2ccc(/C(N)=N/O)c(Br)c2)n1. The Morgan fingerprint density at radius 1 is 1.40 bits per heavy atom. The molecule has 0 fully saturated rings. The molecule has 0 spiro atoms. The number of aryl methyl sites for hydroxylation is 2. The van der Waals surface area contributed by atoms with Crippen molar-refractivity contribution in [3.8, 4) is 5.69 Å². The van der Waals surface area contributed by atoms with Crippen molar-refractivity contribution >= 4 is 21.8 Å². The van der Waals surface area contributed by atoms with Crippen molar-refractivity contribution < 1.29 is 5.21 Å². The Balaban J connectivity index is 2.49. The van der Waals surface area contributed by atoms with Crippen molar-refractivity contribution in [3.63, 3.8) is 0 Å². The zero-order chi connectivity index (χ0) is 14.7. The number of benzene rings is 1. The van der Waals surface area contributed by atoms with Crippen LogP contribution >= 0.6 is 15.9 Å². The number of hydrogen-bond donors (Lipinski definition) is 2. The largest absolute Gasteiger partial charge is 0.409 e. The molecule has 0 aliphatic heterocycles. The summed E-state index contributed by atoms with van der Waals surface area (Å²) in [4.78, 5) is 4.48. The summed E-state index contributed by atoms with van der Waals surface area (Å²) in [6, 6.07) is 5.52. The number of hydrogen-bond acceptors (Lipinski definition) is 4. The zero-order valence-corrected chi connectivity index (χ0v) is 12.9. The lowest BCUT2D eigenvalue weighted by Gasteiger charge is -2.08. The van der Waals surface area contributed by atoms with Crippen LogP contribution in [0.2, 0.25) is 0 Å². The first-order valence-corrected chi connectivity index (χ1v) is 7.12. The number of nitrogens with zero attached hydrogens (tertiary/aromatic N) is 4. The van der Waals surface area contributed by atoms with E-state index in [-0.39, 0.29) is 5.84 Å². The Morgan fingerprint density at radius 2 is 2.15 bits per heavy atom. The third kappa shape index (κ3) is 2.67. The van der Waals surface area contributed by atoms with Crippen molar-refractivity contribution in [3.05, 3.63) is 39.9 Å². The van der Waals surface area contributed by atoms with Crippen LogP contribution in [0.3, 0.4) is 0 Å². The molecule has 0 unspecified atom stereocenters. The van der Waals surface area contributed by atoms with Crippen LogP contribution in [0, 0.1) is 0 Å². The summed E-state index contributed by atoms with van der Waals surface area (Å²) in [6.07, 6.45) is 1.59. The lowest BCUT2D eigenvalue weighted by Crippen LogP contribution is -2.14. The Morgan fingerprint density at radius 3 is 2.70 bits per heavy atom. The van der Waals surface area contributed by atoms with Crippen LogP contribution in [0.5, 0.6) is 0 Å². The highest BCUT2D eigenvalue weighted by Crippen LogP contribution is 2.21. The molecule has 6 nitrogen and oxygen atoms in total. The van der Waals surface area contributed by atoms with Crippen LogP contribution in [-0.2, 0) is 12.8 Å². The van der Waals surface area contributed by atoms with Crippen LogP contribution in [0.4, 0.5) is 0 Å². The minimum atomic E-state index is 0.0620. The van der Waals surface area contributed by atoms with Crippen molar-refractivity contribution in [2.45, 2.75) is 26.7 Å². The maximum atomic E-state index is 8.73. The topological polar surface area (TPSA) is 89.3 Å². The van der Waals surface area contributed by atoms with Crippen molar-refractivity contribution in [1.82, 2.24) is 14.8 Å². The molecule has 0 bridgehead atoms. The Bertz CT molecular complexity index is 650. The molecule has 20 heavy (non-hydrogen) atoms. The van der Waals surface area contributed by atoms with Crippen LogP contribution < -0.4 is 5.73 Å². The Labute approximate surface area is 125 Å². The minimum absolute atomic E-state index is 0.0620. The van der Waals surface area contributed by atoms with Crippen molar-refractivity contribution in [2.24, 2.45) is 10.9 Å². The van der Waals surface area contributed by atoms with E-state index < -0.39 is 0 Å². The first-order valence-electron chi connectivity index (χ1n) is 6.33. The molecule has 1 heterocycles. The monoisotopic (exact) mass is 337 g/mol. The summed E-state index contributed by atoms with van der Waals surface area (Å²) in [5.74, 6) is 1.79. The number of oxime groups is 1. The van der Waals surface area contributed by atoms with Gasteiger partial charge < -0.3 is 10.9 Å². The Kier molecular flexibility index (Phi) is 4.39. The molecule has 1 aromatic heterocycles. The fourth-order valence-electron chi connectivity index (χ4n) is 1.87. The lowest BCUT2D eigenvalue weighted by molar-refractivity contribution is 0.318. The Hall–Kier alpha value is -1.89. The van der Waals surface area contributed by atoms with Gasteiger partial charge in [0.2, 0.25) is 0 Å². The molecule has 3 N–H and O–H groups in total. The predicted octanol–water partition coefficient (Wildman–Crippen LogP) is 2.25. The highest BCUT2D eigenvalue weighted by Gasteiger charge is 2.12. The molecule has 0 amide bonds. The van der Waals surface area contributed by atoms with E-state index in [9.17, 15) is 0 Å². The third-order valence-electron chi connectivity index (χ3n) is 2.93. The molecule has 0 atom stereocenters. The average molecular weight is 338 g/mol. The number of amidine groups is 1. The molecular formula is C13H16BrN5O. The van der Waals surface area contributed by atoms with E-state index in [1.54, 1.807) is 6.07 Å². The molecule has 2 aromatic rings. The van der Waals surface area contributed by atoms with Gasteiger partial charge in [-0.05, 0) is 34.1 Å². The third-order valence-corrected chi connectivity index (χ3v) is 3.59. The smallest absolute Gasteiger partial charge is 0.171 e. The summed E-state index contributed by atoms with van der Waals surface area (Å²) in [5, 5.41) is 16.2. The van der Waals surface area contributed by atoms with Crippen LogP contribution in [0.1, 0.15) is 31.1 Å². The maximum Gasteiger partial charge on any atom is 0.171 e. The summed E-state index contributed by atoms with van der Waals surface area (Å²) in [7, 11) is 0. The van der Waals surface area contributed by atoms with Crippen LogP contribution in [0.15, 0.2) is 27.8 Å². The van der Waals surface area contributed by atoms with E-state index in [0.29, 0.717) is 5.56 Å². The van der Waals surface area contributed by atoms with Gasteiger partial charge in [0.25, 0.3) is 0 Å². The van der Waals surface area contributed by atoms with Gasteiger partial charge in [0.1, 0.15) is 5.82 Å². The summed E-state index contributed by atoms with van der Waals surface area (Å²) in [5.41, 5.74) is 7.12. The van der Waals surface area contributed by atoms with Gasteiger partial charge in [-0.1, -0.05) is 19.0 Å². The molecule has 0 aliphatic rings. The van der Waals surface area contributed by atoms with E-state index in [4.69, 9.17) is 10.9 Å². The van der Waals surface area contributed by atoms with Crippen molar-refractivity contribution in [2.75, 3.05) is 0 Å². The van der Waals surface area contributed by atoms with E-state index in [2.05, 4.69) is 31.2 Å². The number of rotatable bonds is 4. The van der Waals surface area contributed by atoms with E-state index in [1.165, 1.54) is 0 Å². The molecule has 0 radical (unpaired) electrons.